The standard InChI is InChI=1S/C61H41N3O/c1-5-19-42(20-6-1)61(64(45-25-11-4-12-26-45)48-35-38-54-53-29-15-18-32-59(53)65-60(54)41-48)55-30-16-13-27-49(55)50-36-33-46(39-56(50)61)62(43-21-7-2-8-22-43)47-34-37-52-51-28-14-17-31-57(51)63(58(52)40-47)44-23-9-3-10-24-44/h1-41H. The fourth-order valence-electron chi connectivity index (χ4n) is 10.7. The van der Waals surface area contributed by atoms with Crippen LogP contribution in [0.3, 0.4) is 0 Å². The molecule has 4 heteroatoms. The molecule has 1 unspecified atom stereocenters. The van der Waals surface area contributed by atoms with Gasteiger partial charge in [0, 0.05) is 61.7 Å². The van der Waals surface area contributed by atoms with Crippen molar-refractivity contribution < 1.29 is 4.42 Å². The van der Waals surface area contributed by atoms with Crippen molar-refractivity contribution in [1.29, 1.82) is 0 Å². The second kappa shape index (κ2) is 14.8. The molecule has 306 valence electrons. The fourth-order valence-corrected chi connectivity index (χ4v) is 10.7. The maximum atomic E-state index is 6.62. The number of furan rings is 1. The zero-order chi connectivity index (χ0) is 42.9. The Morgan fingerprint density at radius 2 is 0.892 bits per heavy atom. The van der Waals surface area contributed by atoms with Gasteiger partial charge in [0.1, 0.15) is 16.7 Å². The Labute approximate surface area is 377 Å². The lowest BCUT2D eigenvalue weighted by atomic mass is 9.78. The van der Waals surface area contributed by atoms with Crippen LogP contribution < -0.4 is 9.80 Å². The smallest absolute Gasteiger partial charge is 0.137 e. The second-order valence-corrected chi connectivity index (χ2v) is 16.9. The molecule has 0 amide bonds. The van der Waals surface area contributed by atoms with Crippen LogP contribution in [0.1, 0.15) is 16.7 Å². The van der Waals surface area contributed by atoms with Crippen molar-refractivity contribution in [3.8, 4) is 16.8 Å². The number of anilines is 5. The van der Waals surface area contributed by atoms with Crippen LogP contribution in [0.4, 0.5) is 28.4 Å². The Kier molecular flexibility index (Phi) is 8.40. The summed E-state index contributed by atoms with van der Waals surface area (Å²) in [6.07, 6.45) is 0. The summed E-state index contributed by atoms with van der Waals surface area (Å²) < 4.78 is 9.02. The zero-order valence-corrected chi connectivity index (χ0v) is 35.4. The van der Waals surface area contributed by atoms with Gasteiger partial charge in [-0.1, -0.05) is 158 Å². The van der Waals surface area contributed by atoms with Crippen LogP contribution in [0.25, 0.3) is 60.6 Å². The highest BCUT2D eigenvalue weighted by atomic mass is 16.3. The number of hydrogen-bond acceptors (Lipinski definition) is 3. The van der Waals surface area contributed by atoms with Gasteiger partial charge in [-0.05, 0) is 113 Å². The van der Waals surface area contributed by atoms with Crippen LogP contribution in [-0.2, 0) is 5.54 Å². The van der Waals surface area contributed by atoms with Gasteiger partial charge in [-0.2, -0.15) is 0 Å². The highest BCUT2D eigenvalue weighted by Gasteiger charge is 2.50. The Hall–Kier alpha value is -8.60. The topological polar surface area (TPSA) is 24.6 Å². The number of para-hydroxylation sites is 5. The quantitative estimate of drug-likeness (QED) is 0.152. The summed E-state index contributed by atoms with van der Waals surface area (Å²) in [6, 6.07) is 90.1. The molecule has 0 bridgehead atoms. The van der Waals surface area contributed by atoms with E-state index in [2.05, 4.69) is 257 Å². The predicted octanol–water partition coefficient (Wildman–Crippen LogP) is 16.3. The number of benzene rings is 10. The highest BCUT2D eigenvalue weighted by Crippen LogP contribution is 2.59. The average Bonchev–Trinajstić information content (AvgIpc) is 4.01. The van der Waals surface area contributed by atoms with Crippen molar-refractivity contribution >= 4 is 72.2 Å². The summed E-state index contributed by atoms with van der Waals surface area (Å²) >= 11 is 0. The molecule has 12 aromatic rings. The first kappa shape index (κ1) is 37.0. The van der Waals surface area contributed by atoms with Gasteiger partial charge in [-0.25, -0.2) is 0 Å². The first-order valence-electron chi connectivity index (χ1n) is 22.3. The molecule has 1 aliphatic carbocycles. The van der Waals surface area contributed by atoms with Crippen molar-refractivity contribution in [2.75, 3.05) is 9.80 Å². The molecule has 0 saturated carbocycles. The van der Waals surface area contributed by atoms with Gasteiger partial charge in [-0.3, -0.25) is 0 Å². The maximum absolute atomic E-state index is 6.62. The molecule has 0 radical (unpaired) electrons. The summed E-state index contributed by atoms with van der Waals surface area (Å²) in [4.78, 5) is 4.96. The van der Waals surface area contributed by atoms with Crippen LogP contribution in [-0.4, -0.2) is 4.57 Å². The van der Waals surface area contributed by atoms with Crippen molar-refractivity contribution in [3.63, 3.8) is 0 Å². The van der Waals surface area contributed by atoms with E-state index in [0.717, 1.165) is 67.1 Å². The minimum atomic E-state index is -0.809. The molecule has 1 atom stereocenters. The molecule has 2 aromatic heterocycles. The van der Waals surface area contributed by atoms with Crippen molar-refractivity contribution in [3.05, 3.63) is 265 Å². The van der Waals surface area contributed by atoms with Crippen molar-refractivity contribution in [2.45, 2.75) is 5.54 Å². The first-order valence-corrected chi connectivity index (χ1v) is 22.3. The molecule has 0 N–H and O–H groups in total. The van der Waals surface area contributed by atoms with Crippen molar-refractivity contribution in [2.24, 2.45) is 0 Å². The number of rotatable bonds is 8. The molecule has 10 aromatic carbocycles. The Balaban J connectivity index is 1.09. The molecule has 0 fully saturated rings. The van der Waals surface area contributed by atoms with E-state index in [1.807, 2.05) is 6.07 Å². The molecule has 0 saturated heterocycles. The van der Waals surface area contributed by atoms with E-state index in [1.54, 1.807) is 0 Å². The summed E-state index contributed by atoms with van der Waals surface area (Å²) in [7, 11) is 0. The van der Waals surface area contributed by atoms with E-state index in [9.17, 15) is 0 Å². The van der Waals surface area contributed by atoms with Crippen molar-refractivity contribution in [1.82, 2.24) is 4.57 Å². The average molecular weight is 832 g/mol. The summed E-state index contributed by atoms with van der Waals surface area (Å²) in [5.41, 5.74) is 15.7. The molecule has 1 aliphatic rings. The van der Waals surface area contributed by atoms with Crippen LogP contribution in [0.5, 0.6) is 0 Å². The zero-order valence-electron chi connectivity index (χ0n) is 35.4. The van der Waals surface area contributed by atoms with Crippen LogP contribution in [0.2, 0.25) is 0 Å². The van der Waals surface area contributed by atoms with Gasteiger partial charge in [0.2, 0.25) is 0 Å². The van der Waals surface area contributed by atoms with Gasteiger partial charge in [0.15, 0.2) is 0 Å². The van der Waals surface area contributed by atoms with Gasteiger partial charge in [0.25, 0.3) is 0 Å². The van der Waals surface area contributed by atoms with Gasteiger partial charge in [-0.15, -0.1) is 0 Å². The number of nitrogens with zero attached hydrogens (tertiary/aromatic N) is 3. The second-order valence-electron chi connectivity index (χ2n) is 16.9. The lowest BCUT2D eigenvalue weighted by Gasteiger charge is -2.45. The molecule has 2 heterocycles. The molecule has 4 nitrogen and oxygen atoms in total. The van der Waals surface area contributed by atoms with E-state index in [0.29, 0.717) is 0 Å². The minimum absolute atomic E-state index is 0.809. The minimum Gasteiger partial charge on any atom is -0.456 e. The third-order valence-electron chi connectivity index (χ3n) is 13.4. The third kappa shape index (κ3) is 5.64. The maximum Gasteiger partial charge on any atom is 0.137 e. The van der Waals surface area contributed by atoms with E-state index in [1.165, 1.54) is 38.5 Å². The molecule has 13 rings (SSSR count). The van der Waals surface area contributed by atoms with Gasteiger partial charge in [0.05, 0.1) is 11.0 Å². The number of aromatic nitrogens is 1. The summed E-state index contributed by atoms with van der Waals surface area (Å²) in [5.74, 6) is 0. The fraction of sp³-hybridized carbons (Fsp3) is 0.0164. The van der Waals surface area contributed by atoms with E-state index >= 15 is 0 Å². The van der Waals surface area contributed by atoms with E-state index < -0.39 is 5.54 Å². The highest BCUT2D eigenvalue weighted by molar-refractivity contribution is 6.10. The van der Waals surface area contributed by atoms with Crippen LogP contribution >= 0.6 is 0 Å². The number of fused-ring (bicyclic) bond motifs is 9. The molecule has 65 heavy (non-hydrogen) atoms. The third-order valence-corrected chi connectivity index (χ3v) is 13.4. The Morgan fingerprint density at radius 1 is 0.338 bits per heavy atom. The summed E-state index contributed by atoms with van der Waals surface area (Å²) in [5, 5.41) is 4.66. The van der Waals surface area contributed by atoms with E-state index in [4.69, 9.17) is 4.42 Å². The lowest BCUT2D eigenvalue weighted by Crippen LogP contribution is -2.44. The Morgan fingerprint density at radius 3 is 1.69 bits per heavy atom. The number of hydrogen-bond donors (Lipinski definition) is 0. The largest absolute Gasteiger partial charge is 0.456 e. The molecular formula is C61H41N3O. The Bertz CT molecular complexity index is 3730. The van der Waals surface area contributed by atoms with E-state index in [-0.39, 0.29) is 0 Å². The summed E-state index contributed by atoms with van der Waals surface area (Å²) in [6.45, 7) is 0. The normalized spacial score (nSPS) is 14.2. The first-order chi connectivity index (χ1) is 32.3. The lowest BCUT2D eigenvalue weighted by molar-refractivity contribution is 0.641. The van der Waals surface area contributed by atoms with Gasteiger partial charge < -0.3 is 18.8 Å². The molecular weight excluding hydrogens is 791 g/mol. The van der Waals surface area contributed by atoms with Crippen LogP contribution in [0, 0.1) is 0 Å². The molecule has 0 spiro atoms. The molecule has 0 aliphatic heterocycles. The monoisotopic (exact) mass is 831 g/mol. The SMILES string of the molecule is c1ccc(N(c2ccc3c(c2)C(c2ccccc2)(N(c2ccccc2)c2ccc4c(c2)oc2ccccc24)c2ccccc2-3)c2ccc3c4ccccc4n(-c4ccccc4)c3c2)cc1. The van der Waals surface area contributed by atoms with Crippen LogP contribution in [0.15, 0.2) is 253 Å². The predicted molar refractivity (Wildman–Crippen MR) is 270 cm³/mol. The van der Waals surface area contributed by atoms with Gasteiger partial charge >= 0.3 is 0 Å².